The third-order valence-electron chi connectivity index (χ3n) is 5.15. The number of benzene rings is 2. The summed E-state index contributed by atoms with van der Waals surface area (Å²) in [5, 5.41) is 6.71. The molecule has 1 aliphatic rings. The molecule has 0 spiro atoms. The van der Waals surface area contributed by atoms with Gasteiger partial charge in [-0.15, -0.1) is 11.3 Å². The third kappa shape index (κ3) is 5.59. The molecule has 1 N–H and O–H groups in total. The Kier molecular flexibility index (Phi) is 7.08. The molecule has 2 aromatic carbocycles. The van der Waals surface area contributed by atoms with Crippen molar-refractivity contribution in [2.45, 2.75) is 31.0 Å². The molecule has 10 heteroatoms. The molecule has 0 unspecified atom stereocenters. The van der Waals surface area contributed by atoms with Crippen molar-refractivity contribution in [3.8, 4) is 17.0 Å². The largest absolute Gasteiger partial charge is 0.497 e. The molecule has 1 aliphatic heterocycles. The Morgan fingerprint density at radius 1 is 1.18 bits per heavy atom. The molecule has 0 bridgehead atoms. The smallest absolute Gasteiger partial charge is 0.243 e. The van der Waals surface area contributed by atoms with E-state index in [2.05, 4.69) is 15.5 Å². The number of sulfonamides is 1. The first-order valence-electron chi connectivity index (χ1n) is 10.5. The van der Waals surface area contributed by atoms with Crippen LogP contribution in [-0.2, 0) is 14.8 Å². The normalized spacial score (nSPS) is 19.6. The summed E-state index contributed by atoms with van der Waals surface area (Å²) in [6.07, 6.45) is 1.41. The van der Waals surface area contributed by atoms with Crippen LogP contribution in [-0.4, -0.2) is 56.3 Å². The lowest BCUT2D eigenvalue weighted by Crippen LogP contribution is -2.48. The zero-order valence-corrected chi connectivity index (χ0v) is 20.3. The molecule has 33 heavy (non-hydrogen) atoms. The number of anilines is 1. The monoisotopic (exact) mass is 486 g/mol. The van der Waals surface area contributed by atoms with E-state index in [1.54, 1.807) is 31.5 Å². The van der Waals surface area contributed by atoms with Crippen LogP contribution in [0.4, 0.5) is 5.13 Å². The molecular formula is C23H26N4O4S2. The van der Waals surface area contributed by atoms with Crippen LogP contribution in [0.2, 0.25) is 0 Å². The number of rotatable bonds is 7. The summed E-state index contributed by atoms with van der Waals surface area (Å²) < 4.78 is 38.7. The summed E-state index contributed by atoms with van der Waals surface area (Å²) >= 11 is 1.40. The highest BCUT2D eigenvalue weighted by atomic mass is 32.2. The maximum absolute atomic E-state index is 13.2. The van der Waals surface area contributed by atoms with Gasteiger partial charge in [0.05, 0.1) is 36.1 Å². The van der Waals surface area contributed by atoms with Crippen LogP contribution in [0.15, 0.2) is 63.9 Å². The molecule has 174 valence electrons. The summed E-state index contributed by atoms with van der Waals surface area (Å²) in [6, 6.07) is 14.4. The number of methoxy groups -OCH3 is 1. The van der Waals surface area contributed by atoms with Gasteiger partial charge in [-0.1, -0.05) is 12.1 Å². The highest BCUT2D eigenvalue weighted by Crippen LogP contribution is 2.28. The Labute approximate surface area is 197 Å². The van der Waals surface area contributed by atoms with Gasteiger partial charge < -0.3 is 9.47 Å². The first-order chi connectivity index (χ1) is 15.8. The van der Waals surface area contributed by atoms with Gasteiger partial charge in [0, 0.05) is 24.0 Å². The number of nitrogens with zero attached hydrogens (tertiary/aromatic N) is 3. The number of hydrazone groups is 1. The second kappa shape index (κ2) is 10.0. The van der Waals surface area contributed by atoms with Crippen molar-refractivity contribution >= 4 is 32.7 Å². The average Bonchev–Trinajstić information content (AvgIpc) is 3.28. The molecule has 3 aromatic rings. The van der Waals surface area contributed by atoms with Crippen LogP contribution in [0.1, 0.15) is 19.4 Å². The van der Waals surface area contributed by atoms with E-state index in [-0.39, 0.29) is 17.1 Å². The van der Waals surface area contributed by atoms with Crippen LogP contribution in [0.5, 0.6) is 5.75 Å². The number of nitrogens with one attached hydrogen (secondary N) is 1. The van der Waals surface area contributed by atoms with Crippen molar-refractivity contribution in [3.05, 3.63) is 59.5 Å². The van der Waals surface area contributed by atoms with Gasteiger partial charge in [-0.05, 0) is 55.8 Å². The van der Waals surface area contributed by atoms with Crippen LogP contribution < -0.4 is 10.2 Å². The molecule has 4 rings (SSSR count). The van der Waals surface area contributed by atoms with Gasteiger partial charge in [0.15, 0.2) is 0 Å². The predicted octanol–water partition coefficient (Wildman–Crippen LogP) is 4.06. The number of thiazole rings is 1. The Morgan fingerprint density at radius 2 is 1.91 bits per heavy atom. The van der Waals surface area contributed by atoms with Gasteiger partial charge in [-0.3, -0.25) is 5.43 Å². The summed E-state index contributed by atoms with van der Waals surface area (Å²) in [5.41, 5.74) is 5.26. The van der Waals surface area contributed by atoms with Gasteiger partial charge in [0.2, 0.25) is 15.2 Å². The molecule has 0 radical (unpaired) electrons. The second-order valence-electron chi connectivity index (χ2n) is 7.79. The Balaban J connectivity index is 1.47. The highest BCUT2D eigenvalue weighted by molar-refractivity contribution is 7.89. The summed E-state index contributed by atoms with van der Waals surface area (Å²) in [6.45, 7) is 4.45. The first-order valence-corrected chi connectivity index (χ1v) is 12.8. The third-order valence-corrected chi connectivity index (χ3v) is 7.72. The van der Waals surface area contributed by atoms with E-state index in [1.165, 1.54) is 15.6 Å². The quantitative estimate of drug-likeness (QED) is 0.400. The molecule has 1 aromatic heterocycles. The van der Waals surface area contributed by atoms with Crippen molar-refractivity contribution < 1.29 is 17.9 Å². The maximum atomic E-state index is 13.2. The van der Waals surface area contributed by atoms with Crippen LogP contribution in [0, 0.1) is 0 Å². The lowest BCUT2D eigenvalue weighted by Gasteiger charge is -2.34. The number of ether oxygens (including phenoxy) is 2. The van der Waals surface area contributed by atoms with E-state index in [9.17, 15) is 8.42 Å². The lowest BCUT2D eigenvalue weighted by molar-refractivity contribution is -0.0440. The van der Waals surface area contributed by atoms with E-state index < -0.39 is 10.0 Å². The maximum Gasteiger partial charge on any atom is 0.243 e. The summed E-state index contributed by atoms with van der Waals surface area (Å²) in [7, 11) is -2.00. The Bertz CT molecular complexity index is 1220. The van der Waals surface area contributed by atoms with Crippen LogP contribution in [0.25, 0.3) is 11.3 Å². The van der Waals surface area contributed by atoms with Gasteiger partial charge >= 0.3 is 0 Å². The van der Waals surface area contributed by atoms with Crippen molar-refractivity contribution in [2.75, 3.05) is 25.6 Å². The Morgan fingerprint density at radius 3 is 2.61 bits per heavy atom. The molecule has 0 amide bonds. The second-order valence-corrected chi connectivity index (χ2v) is 10.6. The molecule has 1 saturated heterocycles. The van der Waals surface area contributed by atoms with Crippen molar-refractivity contribution in [3.63, 3.8) is 0 Å². The van der Waals surface area contributed by atoms with Gasteiger partial charge in [-0.25, -0.2) is 13.4 Å². The van der Waals surface area contributed by atoms with Crippen molar-refractivity contribution in [1.29, 1.82) is 0 Å². The molecule has 2 atom stereocenters. The molecule has 0 aliphatic carbocycles. The predicted molar refractivity (Wildman–Crippen MR) is 131 cm³/mol. The SMILES string of the molecule is COc1ccc(/C=N\Nc2nc(-c3cccc(S(=O)(=O)N4C[C@@H](C)O[C@@H](C)C4)c3)cs2)cc1. The minimum atomic E-state index is -3.62. The fraction of sp³-hybridized carbons (Fsp3) is 0.304. The minimum absolute atomic E-state index is 0.141. The number of hydrogen-bond donors (Lipinski definition) is 1. The minimum Gasteiger partial charge on any atom is -0.497 e. The van der Waals surface area contributed by atoms with Gasteiger partial charge in [-0.2, -0.15) is 9.41 Å². The molecule has 2 heterocycles. The average molecular weight is 487 g/mol. The highest BCUT2D eigenvalue weighted by Gasteiger charge is 2.32. The number of hydrogen-bond acceptors (Lipinski definition) is 8. The molecule has 8 nitrogen and oxygen atoms in total. The number of aromatic nitrogens is 1. The van der Waals surface area contributed by atoms with E-state index >= 15 is 0 Å². The molecule has 0 saturated carbocycles. The van der Waals surface area contributed by atoms with Gasteiger partial charge in [0.1, 0.15) is 5.75 Å². The van der Waals surface area contributed by atoms with Crippen LogP contribution in [0.3, 0.4) is 0 Å². The van der Waals surface area contributed by atoms with E-state index in [1.807, 2.05) is 49.6 Å². The Hall–Kier alpha value is -2.79. The standard InChI is InChI=1S/C23H26N4O4S2/c1-16-13-27(14-17(2)31-16)33(28,29)21-6-4-5-19(11-21)22-15-32-23(25-22)26-24-12-18-7-9-20(30-3)10-8-18/h4-12,15-17H,13-14H2,1-3H3,(H,25,26)/b24-12-/t16-,17+. The first kappa shape index (κ1) is 23.4. The summed E-state index contributed by atoms with van der Waals surface area (Å²) in [5.74, 6) is 0.784. The molecule has 1 fully saturated rings. The van der Waals surface area contributed by atoms with Gasteiger partial charge in [0.25, 0.3) is 0 Å². The van der Waals surface area contributed by atoms with E-state index in [4.69, 9.17) is 9.47 Å². The van der Waals surface area contributed by atoms with Crippen LogP contribution >= 0.6 is 11.3 Å². The van der Waals surface area contributed by atoms with Crippen molar-refractivity contribution in [2.24, 2.45) is 5.10 Å². The zero-order chi connectivity index (χ0) is 23.4. The van der Waals surface area contributed by atoms with E-state index in [0.29, 0.717) is 23.9 Å². The summed E-state index contributed by atoms with van der Waals surface area (Å²) in [4.78, 5) is 4.80. The van der Waals surface area contributed by atoms with E-state index in [0.717, 1.165) is 16.9 Å². The number of morpholine rings is 1. The fourth-order valence-electron chi connectivity index (χ4n) is 3.60. The topological polar surface area (TPSA) is 93.1 Å². The molecular weight excluding hydrogens is 460 g/mol. The lowest BCUT2D eigenvalue weighted by atomic mass is 10.2. The van der Waals surface area contributed by atoms with Crippen molar-refractivity contribution in [1.82, 2.24) is 9.29 Å². The fourth-order valence-corrected chi connectivity index (χ4v) is 5.91. The zero-order valence-electron chi connectivity index (χ0n) is 18.6.